The van der Waals surface area contributed by atoms with Gasteiger partial charge in [-0.25, -0.2) is 0 Å². The molecule has 0 amide bonds. The van der Waals surface area contributed by atoms with Crippen molar-refractivity contribution in [3.8, 4) is 11.1 Å². The van der Waals surface area contributed by atoms with E-state index >= 15 is 0 Å². The number of anilines is 1. The second-order valence-electron chi connectivity index (χ2n) is 4.15. The number of hydrogen-bond acceptors (Lipinski definition) is 1. The van der Waals surface area contributed by atoms with Gasteiger partial charge in [0.05, 0.1) is 0 Å². The monoisotopic (exact) mass is 219 g/mol. The minimum atomic E-state index is 0.835. The van der Waals surface area contributed by atoms with Crippen LogP contribution >= 0.6 is 0 Å². The zero-order chi connectivity index (χ0) is 11.7. The normalized spacial score (nSPS) is 10.6. The van der Waals surface area contributed by atoms with Crippen LogP contribution in [0.4, 0.5) is 5.69 Å². The smallest absolute Gasteiger partial charge is 0.0399 e. The van der Waals surface area contributed by atoms with Crippen molar-refractivity contribution in [1.82, 2.24) is 0 Å². The number of rotatable bonds is 1. The first-order valence-corrected chi connectivity index (χ1v) is 5.68. The number of nitrogen functional groups attached to an aromatic ring is 1. The largest absolute Gasteiger partial charge is 0.398 e. The van der Waals surface area contributed by atoms with Gasteiger partial charge in [0.1, 0.15) is 0 Å². The predicted octanol–water partition coefficient (Wildman–Crippen LogP) is 4.09. The van der Waals surface area contributed by atoms with Gasteiger partial charge in [-0.2, -0.15) is 0 Å². The van der Waals surface area contributed by atoms with E-state index in [1.54, 1.807) is 0 Å². The highest BCUT2D eigenvalue weighted by molar-refractivity contribution is 5.96. The molecule has 0 saturated carbocycles. The van der Waals surface area contributed by atoms with Gasteiger partial charge in [-0.15, -0.1) is 0 Å². The molecular formula is C16H13N. The van der Waals surface area contributed by atoms with Crippen LogP contribution in [0.3, 0.4) is 0 Å². The number of fused-ring (bicyclic) bond motifs is 1. The Bertz CT molecular complexity index is 657. The Labute approximate surface area is 101 Å². The first-order chi connectivity index (χ1) is 8.34. The highest BCUT2D eigenvalue weighted by Gasteiger charge is 2.02. The Balaban J connectivity index is 2.26. The highest BCUT2D eigenvalue weighted by Crippen LogP contribution is 2.28. The highest BCUT2D eigenvalue weighted by atomic mass is 14.5. The average molecular weight is 219 g/mol. The van der Waals surface area contributed by atoms with Gasteiger partial charge in [-0.1, -0.05) is 54.6 Å². The lowest BCUT2D eigenvalue weighted by Crippen LogP contribution is -1.88. The van der Waals surface area contributed by atoms with Crippen LogP contribution in [0.5, 0.6) is 0 Å². The van der Waals surface area contributed by atoms with Crippen molar-refractivity contribution in [2.24, 2.45) is 0 Å². The minimum absolute atomic E-state index is 0.835. The molecule has 0 bridgehead atoms. The van der Waals surface area contributed by atoms with E-state index < -0.39 is 0 Å². The molecule has 0 saturated heterocycles. The maximum Gasteiger partial charge on any atom is 0.0399 e. The fourth-order valence-corrected chi connectivity index (χ4v) is 2.14. The quantitative estimate of drug-likeness (QED) is 0.613. The van der Waals surface area contributed by atoms with E-state index in [0.717, 1.165) is 11.1 Å². The fourth-order valence-electron chi connectivity index (χ4n) is 2.14. The van der Waals surface area contributed by atoms with E-state index in [-0.39, 0.29) is 0 Å². The molecule has 0 unspecified atom stereocenters. The topological polar surface area (TPSA) is 26.0 Å². The van der Waals surface area contributed by atoms with Crippen molar-refractivity contribution in [3.05, 3.63) is 66.7 Å². The standard InChI is InChI=1S/C16H13N/c17-16-11-14(12-6-2-1-3-7-12)10-13-8-4-5-9-15(13)16/h1-11H,17H2. The van der Waals surface area contributed by atoms with Crippen LogP contribution in [-0.2, 0) is 0 Å². The van der Waals surface area contributed by atoms with E-state index in [1.165, 1.54) is 16.5 Å². The number of benzene rings is 3. The predicted molar refractivity (Wildman–Crippen MR) is 73.8 cm³/mol. The lowest BCUT2D eigenvalue weighted by Gasteiger charge is -2.07. The van der Waals surface area contributed by atoms with Crippen LogP contribution in [0.1, 0.15) is 0 Å². The first-order valence-electron chi connectivity index (χ1n) is 5.68. The minimum Gasteiger partial charge on any atom is -0.398 e. The molecule has 0 aliphatic carbocycles. The van der Waals surface area contributed by atoms with Crippen molar-refractivity contribution in [1.29, 1.82) is 0 Å². The molecule has 0 aliphatic heterocycles. The summed E-state index contributed by atoms with van der Waals surface area (Å²) < 4.78 is 0. The molecule has 2 N–H and O–H groups in total. The molecule has 17 heavy (non-hydrogen) atoms. The van der Waals surface area contributed by atoms with E-state index in [0.29, 0.717) is 0 Å². The molecular weight excluding hydrogens is 206 g/mol. The Morgan fingerprint density at radius 2 is 1.35 bits per heavy atom. The molecule has 0 radical (unpaired) electrons. The van der Waals surface area contributed by atoms with Crippen LogP contribution in [0.25, 0.3) is 21.9 Å². The summed E-state index contributed by atoms with van der Waals surface area (Å²) in [6, 6.07) is 22.7. The Kier molecular flexibility index (Phi) is 2.30. The molecule has 0 heterocycles. The zero-order valence-electron chi connectivity index (χ0n) is 9.43. The third-order valence-corrected chi connectivity index (χ3v) is 3.00. The Morgan fingerprint density at radius 1 is 0.647 bits per heavy atom. The number of hydrogen-bond donors (Lipinski definition) is 1. The van der Waals surface area contributed by atoms with Crippen molar-refractivity contribution in [2.45, 2.75) is 0 Å². The Morgan fingerprint density at radius 3 is 2.18 bits per heavy atom. The molecule has 1 nitrogen and oxygen atoms in total. The lowest BCUT2D eigenvalue weighted by molar-refractivity contribution is 1.64. The molecule has 0 aliphatic rings. The van der Waals surface area contributed by atoms with Crippen LogP contribution in [0.2, 0.25) is 0 Å². The molecule has 0 atom stereocenters. The van der Waals surface area contributed by atoms with Gasteiger partial charge in [0.2, 0.25) is 0 Å². The number of nitrogens with two attached hydrogens (primary N) is 1. The van der Waals surface area contributed by atoms with Crippen molar-refractivity contribution < 1.29 is 0 Å². The van der Waals surface area contributed by atoms with Gasteiger partial charge in [0.15, 0.2) is 0 Å². The summed E-state index contributed by atoms with van der Waals surface area (Å²) >= 11 is 0. The summed E-state index contributed by atoms with van der Waals surface area (Å²) in [5, 5.41) is 2.30. The molecule has 3 aromatic carbocycles. The van der Waals surface area contributed by atoms with E-state index in [2.05, 4.69) is 30.3 Å². The second-order valence-corrected chi connectivity index (χ2v) is 4.15. The zero-order valence-corrected chi connectivity index (χ0v) is 9.43. The second kappa shape index (κ2) is 3.95. The molecule has 1 heteroatoms. The summed E-state index contributed by atoms with van der Waals surface area (Å²) in [6.45, 7) is 0. The van der Waals surface area contributed by atoms with Gasteiger partial charge in [0, 0.05) is 11.1 Å². The van der Waals surface area contributed by atoms with Crippen molar-refractivity contribution in [3.63, 3.8) is 0 Å². The van der Waals surface area contributed by atoms with Gasteiger partial charge < -0.3 is 5.73 Å². The maximum atomic E-state index is 6.09. The first kappa shape index (κ1) is 9.91. The molecule has 0 spiro atoms. The molecule has 0 aromatic heterocycles. The van der Waals surface area contributed by atoms with Crippen molar-refractivity contribution in [2.75, 3.05) is 5.73 Å². The summed E-state index contributed by atoms with van der Waals surface area (Å²) in [7, 11) is 0. The van der Waals surface area contributed by atoms with Gasteiger partial charge in [0.25, 0.3) is 0 Å². The third kappa shape index (κ3) is 1.76. The maximum absolute atomic E-state index is 6.09. The Hall–Kier alpha value is -2.28. The summed E-state index contributed by atoms with van der Waals surface area (Å²) in [5.41, 5.74) is 9.30. The van der Waals surface area contributed by atoms with E-state index in [1.807, 2.05) is 36.4 Å². The fraction of sp³-hybridized carbons (Fsp3) is 0. The molecule has 0 fully saturated rings. The van der Waals surface area contributed by atoms with Crippen LogP contribution in [0, 0.1) is 0 Å². The van der Waals surface area contributed by atoms with Crippen LogP contribution in [-0.4, -0.2) is 0 Å². The lowest BCUT2D eigenvalue weighted by atomic mass is 10.00. The van der Waals surface area contributed by atoms with E-state index in [9.17, 15) is 0 Å². The van der Waals surface area contributed by atoms with Gasteiger partial charge in [-0.3, -0.25) is 0 Å². The summed E-state index contributed by atoms with van der Waals surface area (Å²) in [6.07, 6.45) is 0. The average Bonchev–Trinajstić information content (AvgIpc) is 2.40. The van der Waals surface area contributed by atoms with Crippen molar-refractivity contribution >= 4 is 16.5 Å². The van der Waals surface area contributed by atoms with E-state index in [4.69, 9.17) is 5.73 Å². The summed E-state index contributed by atoms with van der Waals surface area (Å²) in [5.74, 6) is 0. The molecule has 82 valence electrons. The molecule has 3 aromatic rings. The SMILES string of the molecule is Nc1cc(-c2ccccc2)cc2ccccc12. The summed E-state index contributed by atoms with van der Waals surface area (Å²) in [4.78, 5) is 0. The molecule has 3 rings (SSSR count). The van der Waals surface area contributed by atoms with Gasteiger partial charge >= 0.3 is 0 Å². The van der Waals surface area contributed by atoms with Crippen LogP contribution < -0.4 is 5.73 Å². The third-order valence-electron chi connectivity index (χ3n) is 3.00. The van der Waals surface area contributed by atoms with Crippen LogP contribution in [0.15, 0.2) is 66.7 Å². The van der Waals surface area contributed by atoms with Gasteiger partial charge in [-0.05, 0) is 28.6 Å².